The van der Waals surface area contributed by atoms with Crippen molar-refractivity contribution in [2.24, 2.45) is 23.7 Å². The van der Waals surface area contributed by atoms with Crippen LogP contribution in [-0.2, 0) is 0 Å². The zero-order valence-corrected chi connectivity index (χ0v) is 11.8. The third kappa shape index (κ3) is 3.10. The van der Waals surface area contributed by atoms with Gasteiger partial charge in [-0.3, -0.25) is 0 Å². The second-order valence-electron chi connectivity index (χ2n) is 7.42. The van der Waals surface area contributed by atoms with Gasteiger partial charge in [-0.2, -0.15) is 0 Å². The normalized spacial score (nSPS) is 38.8. The molecule has 0 heterocycles. The van der Waals surface area contributed by atoms with E-state index in [0.717, 1.165) is 36.5 Å². The highest BCUT2D eigenvalue weighted by Crippen LogP contribution is 2.50. The monoisotopic (exact) mass is 250 g/mol. The summed E-state index contributed by atoms with van der Waals surface area (Å²) >= 11 is 0. The summed E-state index contributed by atoms with van der Waals surface area (Å²) in [6.45, 7) is 0. The molecule has 104 valence electrons. The molecule has 4 atom stereocenters. The molecule has 0 amide bonds. The van der Waals surface area contributed by atoms with Gasteiger partial charge in [0.2, 0.25) is 0 Å². The Balaban J connectivity index is 1.42. The molecular weight excluding hydrogens is 220 g/mol. The van der Waals surface area contributed by atoms with Crippen molar-refractivity contribution in [3.63, 3.8) is 0 Å². The zero-order chi connectivity index (χ0) is 12.4. The van der Waals surface area contributed by atoms with Crippen molar-refractivity contribution in [1.29, 1.82) is 0 Å². The van der Waals surface area contributed by atoms with E-state index in [9.17, 15) is 5.11 Å². The summed E-state index contributed by atoms with van der Waals surface area (Å²) in [5.41, 5.74) is 0. The maximum atomic E-state index is 10.4. The van der Waals surface area contributed by atoms with Crippen molar-refractivity contribution in [3.8, 4) is 0 Å². The second kappa shape index (κ2) is 5.94. The van der Waals surface area contributed by atoms with E-state index >= 15 is 0 Å². The number of hydrogen-bond acceptors (Lipinski definition) is 1. The van der Waals surface area contributed by atoms with Gasteiger partial charge in [-0.25, -0.2) is 0 Å². The van der Waals surface area contributed by atoms with Crippen LogP contribution in [0.4, 0.5) is 0 Å². The first-order valence-corrected chi connectivity index (χ1v) is 8.49. The largest absolute Gasteiger partial charge is 0.393 e. The van der Waals surface area contributed by atoms with Crippen LogP contribution in [-0.4, -0.2) is 11.2 Å². The third-order valence-electron chi connectivity index (χ3n) is 6.04. The van der Waals surface area contributed by atoms with Crippen molar-refractivity contribution in [3.05, 3.63) is 0 Å². The van der Waals surface area contributed by atoms with Gasteiger partial charge in [-0.1, -0.05) is 44.9 Å². The first-order chi connectivity index (χ1) is 8.81. The van der Waals surface area contributed by atoms with E-state index in [4.69, 9.17) is 0 Å². The molecule has 3 saturated carbocycles. The highest BCUT2D eigenvalue weighted by atomic mass is 16.3. The number of hydrogen-bond donors (Lipinski definition) is 1. The van der Waals surface area contributed by atoms with E-state index in [-0.39, 0.29) is 6.10 Å². The number of rotatable bonds is 4. The lowest BCUT2D eigenvalue weighted by Crippen LogP contribution is -2.21. The fraction of sp³-hybridized carbons (Fsp3) is 1.00. The maximum Gasteiger partial charge on any atom is 0.0545 e. The molecule has 1 N–H and O–H groups in total. The van der Waals surface area contributed by atoms with Gasteiger partial charge in [0.1, 0.15) is 0 Å². The van der Waals surface area contributed by atoms with E-state index in [1.54, 1.807) is 0 Å². The van der Waals surface area contributed by atoms with Crippen LogP contribution in [0.15, 0.2) is 0 Å². The van der Waals surface area contributed by atoms with E-state index in [0.29, 0.717) is 0 Å². The summed E-state index contributed by atoms with van der Waals surface area (Å²) in [5, 5.41) is 10.4. The minimum atomic E-state index is 0.0115. The number of aliphatic hydroxyl groups excluding tert-OH is 1. The van der Waals surface area contributed by atoms with Crippen LogP contribution >= 0.6 is 0 Å². The molecule has 1 heteroatoms. The summed E-state index contributed by atoms with van der Waals surface area (Å²) in [5.74, 6) is 3.73. The molecule has 3 fully saturated rings. The summed E-state index contributed by atoms with van der Waals surface area (Å²) in [6.07, 6.45) is 16.6. The lowest BCUT2D eigenvalue weighted by Gasteiger charge is -2.26. The molecule has 18 heavy (non-hydrogen) atoms. The average molecular weight is 250 g/mol. The molecule has 0 aromatic heterocycles. The highest BCUT2D eigenvalue weighted by molar-refractivity contribution is 4.91. The molecule has 3 aliphatic rings. The van der Waals surface area contributed by atoms with E-state index in [2.05, 4.69) is 0 Å². The smallest absolute Gasteiger partial charge is 0.0545 e. The fourth-order valence-corrected chi connectivity index (χ4v) is 5.10. The SMILES string of the molecule is OC(CC1CCCCCC1)CC1CC2CCC1C2. The molecule has 0 spiro atoms. The first-order valence-electron chi connectivity index (χ1n) is 8.49. The maximum absolute atomic E-state index is 10.4. The number of fused-ring (bicyclic) bond motifs is 2. The molecule has 1 nitrogen and oxygen atoms in total. The minimum absolute atomic E-state index is 0.0115. The Morgan fingerprint density at radius 1 is 0.833 bits per heavy atom. The van der Waals surface area contributed by atoms with Gasteiger partial charge in [0.15, 0.2) is 0 Å². The van der Waals surface area contributed by atoms with Crippen molar-refractivity contribution >= 4 is 0 Å². The van der Waals surface area contributed by atoms with E-state index < -0.39 is 0 Å². The van der Waals surface area contributed by atoms with Gasteiger partial charge in [0.25, 0.3) is 0 Å². The lowest BCUT2D eigenvalue weighted by atomic mass is 9.82. The summed E-state index contributed by atoms with van der Waals surface area (Å²) in [7, 11) is 0. The topological polar surface area (TPSA) is 20.2 Å². The first kappa shape index (κ1) is 13.0. The van der Waals surface area contributed by atoms with Gasteiger partial charge < -0.3 is 5.11 Å². The Kier molecular flexibility index (Phi) is 4.28. The van der Waals surface area contributed by atoms with Gasteiger partial charge in [0, 0.05) is 0 Å². The van der Waals surface area contributed by atoms with Crippen molar-refractivity contribution in [2.45, 2.75) is 83.2 Å². The van der Waals surface area contributed by atoms with Gasteiger partial charge in [-0.05, 0) is 55.8 Å². The van der Waals surface area contributed by atoms with Crippen molar-refractivity contribution < 1.29 is 5.11 Å². The standard InChI is InChI=1S/C17H30O/c18-17(11-13-5-3-1-2-4-6-13)12-16-10-14-7-8-15(16)9-14/h13-18H,1-12H2. The van der Waals surface area contributed by atoms with Gasteiger partial charge in [0.05, 0.1) is 6.10 Å². The number of aliphatic hydroxyl groups is 1. The van der Waals surface area contributed by atoms with E-state index in [1.165, 1.54) is 64.2 Å². The Morgan fingerprint density at radius 3 is 2.22 bits per heavy atom. The summed E-state index contributed by atoms with van der Waals surface area (Å²) < 4.78 is 0. The molecule has 0 aromatic rings. The van der Waals surface area contributed by atoms with Crippen LogP contribution in [0.2, 0.25) is 0 Å². The molecule has 2 bridgehead atoms. The predicted molar refractivity (Wildman–Crippen MR) is 75.4 cm³/mol. The molecule has 0 radical (unpaired) electrons. The average Bonchev–Trinajstić information content (AvgIpc) is 2.86. The molecule has 3 aliphatic carbocycles. The lowest BCUT2D eigenvalue weighted by molar-refractivity contribution is 0.0967. The summed E-state index contributed by atoms with van der Waals surface area (Å²) in [6, 6.07) is 0. The fourth-order valence-electron chi connectivity index (χ4n) is 5.10. The quantitative estimate of drug-likeness (QED) is 0.727. The zero-order valence-electron chi connectivity index (χ0n) is 11.8. The van der Waals surface area contributed by atoms with Crippen LogP contribution in [0.1, 0.15) is 77.0 Å². The van der Waals surface area contributed by atoms with E-state index in [1.807, 2.05) is 0 Å². The molecule has 3 rings (SSSR count). The van der Waals surface area contributed by atoms with Crippen LogP contribution < -0.4 is 0 Å². The minimum Gasteiger partial charge on any atom is -0.393 e. The van der Waals surface area contributed by atoms with Crippen molar-refractivity contribution in [2.75, 3.05) is 0 Å². The second-order valence-corrected chi connectivity index (χ2v) is 7.42. The summed E-state index contributed by atoms with van der Waals surface area (Å²) in [4.78, 5) is 0. The van der Waals surface area contributed by atoms with Crippen LogP contribution in [0, 0.1) is 23.7 Å². The highest BCUT2D eigenvalue weighted by Gasteiger charge is 2.40. The third-order valence-corrected chi connectivity index (χ3v) is 6.04. The molecule has 0 aromatic carbocycles. The van der Waals surface area contributed by atoms with Crippen LogP contribution in [0.5, 0.6) is 0 Å². The Labute approximate surface area is 112 Å². The van der Waals surface area contributed by atoms with Crippen LogP contribution in [0.3, 0.4) is 0 Å². The molecule has 4 unspecified atom stereocenters. The molecule has 0 aliphatic heterocycles. The van der Waals surface area contributed by atoms with Crippen molar-refractivity contribution in [1.82, 2.24) is 0 Å². The molecular formula is C17H30O. The Morgan fingerprint density at radius 2 is 1.61 bits per heavy atom. The Bertz CT molecular complexity index is 254. The molecule has 0 saturated heterocycles. The van der Waals surface area contributed by atoms with Gasteiger partial charge in [-0.15, -0.1) is 0 Å². The predicted octanol–water partition coefficient (Wildman–Crippen LogP) is 4.53. The Hall–Kier alpha value is -0.0400. The van der Waals surface area contributed by atoms with Crippen LogP contribution in [0.25, 0.3) is 0 Å². The van der Waals surface area contributed by atoms with Gasteiger partial charge >= 0.3 is 0 Å².